The van der Waals surface area contributed by atoms with Gasteiger partial charge in [0.1, 0.15) is 0 Å². The Morgan fingerprint density at radius 3 is 2.73 bits per heavy atom. The Kier molecular flexibility index (Phi) is 2.91. The maximum atomic E-state index is 11.1. The Balaban J connectivity index is 2.62. The van der Waals surface area contributed by atoms with E-state index in [1.165, 1.54) is 0 Å². The second-order valence-electron chi connectivity index (χ2n) is 3.13. The lowest BCUT2D eigenvalue weighted by molar-refractivity contribution is 0.607. The van der Waals surface area contributed by atoms with Crippen molar-refractivity contribution >= 4 is 59.7 Å². The molecule has 0 amide bonds. The molecule has 1 aromatic heterocycles. The summed E-state index contributed by atoms with van der Waals surface area (Å²) in [5, 5.41) is 2.91. The number of halogens is 1. The van der Waals surface area contributed by atoms with Gasteiger partial charge in [-0.15, -0.1) is 11.3 Å². The number of sulfonamides is 1. The summed E-state index contributed by atoms with van der Waals surface area (Å²) in [7, 11) is -3.21. The number of thiophene rings is 1. The van der Waals surface area contributed by atoms with Gasteiger partial charge < -0.3 is 0 Å². The van der Waals surface area contributed by atoms with E-state index in [2.05, 4.69) is 27.3 Å². The SMILES string of the molecule is CS(=O)(=O)Nc1ccc(I)c2sccc12. The first-order valence-electron chi connectivity index (χ1n) is 4.11. The molecule has 2 rings (SSSR count). The molecule has 0 aliphatic heterocycles. The van der Waals surface area contributed by atoms with Crippen molar-refractivity contribution in [3.8, 4) is 0 Å². The molecule has 3 nitrogen and oxygen atoms in total. The fourth-order valence-corrected chi connectivity index (χ4v) is 3.57. The Labute approximate surface area is 106 Å². The third kappa shape index (κ3) is 2.43. The van der Waals surface area contributed by atoms with Crippen molar-refractivity contribution in [3.63, 3.8) is 0 Å². The van der Waals surface area contributed by atoms with E-state index in [4.69, 9.17) is 0 Å². The molecule has 0 atom stereocenters. The molecule has 6 heteroatoms. The van der Waals surface area contributed by atoms with Crippen molar-refractivity contribution in [2.45, 2.75) is 0 Å². The summed E-state index contributed by atoms with van der Waals surface area (Å²) in [4.78, 5) is 0. The Bertz CT molecular complexity index is 604. The van der Waals surface area contributed by atoms with Crippen molar-refractivity contribution in [1.82, 2.24) is 0 Å². The van der Waals surface area contributed by atoms with Crippen molar-refractivity contribution in [3.05, 3.63) is 27.1 Å². The molecule has 1 N–H and O–H groups in total. The number of rotatable bonds is 2. The molecule has 0 bridgehead atoms. The fourth-order valence-electron chi connectivity index (χ4n) is 1.32. The number of anilines is 1. The molecule has 0 saturated carbocycles. The molecule has 0 aliphatic carbocycles. The van der Waals surface area contributed by atoms with Gasteiger partial charge in [0.25, 0.3) is 0 Å². The van der Waals surface area contributed by atoms with Gasteiger partial charge >= 0.3 is 0 Å². The van der Waals surface area contributed by atoms with E-state index in [9.17, 15) is 8.42 Å². The molecule has 15 heavy (non-hydrogen) atoms. The number of hydrogen-bond acceptors (Lipinski definition) is 3. The summed E-state index contributed by atoms with van der Waals surface area (Å²) in [6.45, 7) is 0. The maximum absolute atomic E-state index is 11.1. The van der Waals surface area contributed by atoms with Crippen LogP contribution in [0.15, 0.2) is 23.6 Å². The zero-order chi connectivity index (χ0) is 11.1. The van der Waals surface area contributed by atoms with Crippen molar-refractivity contribution in [2.24, 2.45) is 0 Å². The summed E-state index contributed by atoms with van der Waals surface area (Å²) >= 11 is 3.85. The number of benzene rings is 1. The highest BCUT2D eigenvalue weighted by Crippen LogP contribution is 2.32. The summed E-state index contributed by atoms with van der Waals surface area (Å²) < 4.78 is 27.0. The molecule has 0 fully saturated rings. The van der Waals surface area contributed by atoms with Gasteiger partial charge in [-0.1, -0.05) is 0 Å². The van der Waals surface area contributed by atoms with Crippen LogP contribution in [0.2, 0.25) is 0 Å². The van der Waals surface area contributed by atoms with Crippen LogP contribution in [0.4, 0.5) is 5.69 Å². The zero-order valence-electron chi connectivity index (χ0n) is 7.82. The second-order valence-corrected chi connectivity index (χ2v) is 6.96. The third-order valence-electron chi connectivity index (χ3n) is 1.86. The normalized spacial score (nSPS) is 11.9. The predicted molar refractivity (Wildman–Crippen MR) is 73.0 cm³/mol. The molecule has 2 aromatic rings. The number of nitrogens with one attached hydrogen (secondary N) is 1. The number of hydrogen-bond donors (Lipinski definition) is 1. The quantitative estimate of drug-likeness (QED) is 0.844. The van der Waals surface area contributed by atoms with Gasteiger partial charge in [0, 0.05) is 13.7 Å². The zero-order valence-corrected chi connectivity index (χ0v) is 11.6. The lowest BCUT2D eigenvalue weighted by Gasteiger charge is -2.05. The van der Waals surface area contributed by atoms with Gasteiger partial charge in [-0.3, -0.25) is 4.72 Å². The van der Waals surface area contributed by atoms with Crippen LogP contribution < -0.4 is 4.72 Å². The Hall–Kier alpha value is -0.340. The van der Waals surface area contributed by atoms with Gasteiger partial charge in [-0.05, 0) is 46.2 Å². The van der Waals surface area contributed by atoms with Gasteiger partial charge in [0.2, 0.25) is 10.0 Å². The first kappa shape index (κ1) is 11.2. The average molecular weight is 353 g/mol. The molecule has 0 radical (unpaired) electrons. The van der Waals surface area contributed by atoms with Gasteiger partial charge in [0.15, 0.2) is 0 Å². The average Bonchev–Trinajstić information content (AvgIpc) is 2.57. The molecule has 0 spiro atoms. The fraction of sp³-hybridized carbons (Fsp3) is 0.111. The van der Waals surface area contributed by atoms with E-state index in [1.807, 2.05) is 17.5 Å². The summed E-state index contributed by atoms with van der Waals surface area (Å²) in [6.07, 6.45) is 1.16. The molecule has 0 saturated heterocycles. The van der Waals surface area contributed by atoms with Crippen molar-refractivity contribution in [1.29, 1.82) is 0 Å². The van der Waals surface area contributed by atoms with Crippen LogP contribution in [0.1, 0.15) is 0 Å². The largest absolute Gasteiger partial charge is 0.283 e. The second kappa shape index (κ2) is 3.91. The van der Waals surface area contributed by atoms with E-state index in [0.717, 1.165) is 19.9 Å². The van der Waals surface area contributed by atoms with Crippen LogP contribution >= 0.6 is 33.9 Å². The van der Waals surface area contributed by atoms with Crippen molar-refractivity contribution in [2.75, 3.05) is 11.0 Å². The van der Waals surface area contributed by atoms with Crippen LogP contribution in [0.25, 0.3) is 10.1 Å². The minimum atomic E-state index is -3.21. The third-order valence-corrected chi connectivity index (χ3v) is 4.67. The standard InChI is InChI=1S/C9H8INO2S2/c1-15(12,13)11-8-3-2-7(10)9-6(8)4-5-14-9/h2-5,11H,1H3. The van der Waals surface area contributed by atoms with Crippen LogP contribution in [0, 0.1) is 3.57 Å². The van der Waals surface area contributed by atoms with Gasteiger partial charge in [-0.2, -0.15) is 0 Å². The highest BCUT2D eigenvalue weighted by atomic mass is 127. The van der Waals surface area contributed by atoms with Crippen molar-refractivity contribution < 1.29 is 8.42 Å². The molecule has 0 aliphatic rings. The van der Waals surface area contributed by atoms with Gasteiger partial charge in [0.05, 0.1) is 11.9 Å². The smallest absolute Gasteiger partial charge is 0.229 e. The lowest BCUT2D eigenvalue weighted by atomic mass is 10.2. The first-order chi connectivity index (χ1) is 6.97. The molecular formula is C9H8INO2S2. The predicted octanol–water partition coefficient (Wildman–Crippen LogP) is 2.88. The molecule has 1 aromatic carbocycles. The monoisotopic (exact) mass is 353 g/mol. The topological polar surface area (TPSA) is 46.2 Å². The minimum Gasteiger partial charge on any atom is -0.283 e. The summed E-state index contributed by atoms with van der Waals surface area (Å²) in [5.74, 6) is 0. The maximum Gasteiger partial charge on any atom is 0.229 e. The molecular weight excluding hydrogens is 345 g/mol. The van der Waals surface area contributed by atoms with E-state index in [1.54, 1.807) is 17.4 Å². The van der Waals surface area contributed by atoms with Gasteiger partial charge in [-0.25, -0.2) is 8.42 Å². The Morgan fingerprint density at radius 2 is 2.07 bits per heavy atom. The minimum absolute atomic E-state index is 0.647. The Morgan fingerprint density at radius 1 is 1.33 bits per heavy atom. The number of fused-ring (bicyclic) bond motifs is 1. The van der Waals surface area contributed by atoms with Crippen LogP contribution in [0.5, 0.6) is 0 Å². The van der Waals surface area contributed by atoms with E-state index < -0.39 is 10.0 Å². The highest BCUT2D eigenvalue weighted by molar-refractivity contribution is 14.1. The van der Waals surface area contributed by atoms with E-state index in [-0.39, 0.29) is 0 Å². The first-order valence-corrected chi connectivity index (χ1v) is 7.96. The lowest BCUT2D eigenvalue weighted by Crippen LogP contribution is -2.09. The van der Waals surface area contributed by atoms with Crippen LogP contribution in [-0.4, -0.2) is 14.7 Å². The van der Waals surface area contributed by atoms with Crippen LogP contribution in [0.3, 0.4) is 0 Å². The highest BCUT2D eigenvalue weighted by Gasteiger charge is 2.08. The van der Waals surface area contributed by atoms with E-state index in [0.29, 0.717) is 5.69 Å². The van der Waals surface area contributed by atoms with Crippen LogP contribution in [-0.2, 0) is 10.0 Å². The summed E-state index contributed by atoms with van der Waals surface area (Å²) in [5.41, 5.74) is 0.647. The van der Waals surface area contributed by atoms with E-state index >= 15 is 0 Å². The molecule has 0 unspecified atom stereocenters. The summed E-state index contributed by atoms with van der Waals surface area (Å²) in [6, 6.07) is 5.63. The molecule has 80 valence electrons. The molecule has 1 heterocycles.